The number of nitrogens with one attached hydrogen (secondary N) is 2. The average molecular weight is 192 g/mol. The standard InChI is InChI=1S/C6H13N2O3P/c9-6(10)5-2-1-4(3-7-5)8-11-12/h4-5,7-8H,1-3,12H2,(H,9,10)/t4-,5?/m1/s1. The minimum absolute atomic E-state index is 0.207. The van der Waals surface area contributed by atoms with Gasteiger partial charge in [0.2, 0.25) is 0 Å². The molecular weight excluding hydrogens is 179 g/mol. The number of piperidine rings is 1. The van der Waals surface area contributed by atoms with Crippen LogP contribution in [-0.4, -0.2) is 29.7 Å². The normalized spacial score (nSPS) is 30.1. The van der Waals surface area contributed by atoms with Gasteiger partial charge in [0, 0.05) is 22.1 Å². The molecule has 0 saturated carbocycles. The van der Waals surface area contributed by atoms with Crippen molar-refractivity contribution in [3.8, 4) is 0 Å². The Kier molecular flexibility index (Phi) is 3.88. The minimum atomic E-state index is -0.778. The third-order valence-corrected chi connectivity index (χ3v) is 2.08. The highest BCUT2D eigenvalue weighted by Gasteiger charge is 2.24. The van der Waals surface area contributed by atoms with Gasteiger partial charge in [-0.25, -0.2) is 0 Å². The van der Waals surface area contributed by atoms with Gasteiger partial charge in [0.1, 0.15) is 6.04 Å². The third kappa shape index (κ3) is 2.68. The molecule has 0 aromatic rings. The fraction of sp³-hybridized carbons (Fsp3) is 0.833. The summed E-state index contributed by atoms with van der Waals surface area (Å²) < 4.78 is 4.66. The van der Waals surface area contributed by atoms with E-state index in [2.05, 4.69) is 24.9 Å². The van der Waals surface area contributed by atoms with E-state index in [4.69, 9.17) is 5.11 Å². The molecule has 0 aromatic heterocycles. The molecule has 0 bridgehead atoms. The van der Waals surface area contributed by atoms with E-state index in [1.54, 1.807) is 0 Å². The number of hydrogen-bond acceptors (Lipinski definition) is 4. The predicted molar refractivity (Wildman–Crippen MR) is 46.4 cm³/mol. The summed E-state index contributed by atoms with van der Waals surface area (Å²) in [6.45, 7) is 0.630. The molecule has 0 spiro atoms. The molecule has 1 heterocycles. The number of rotatable bonds is 3. The van der Waals surface area contributed by atoms with Gasteiger partial charge in [-0.3, -0.25) is 9.42 Å². The van der Waals surface area contributed by atoms with Gasteiger partial charge in [-0.2, -0.15) is 5.48 Å². The highest BCUT2D eigenvalue weighted by molar-refractivity contribution is 7.09. The van der Waals surface area contributed by atoms with Gasteiger partial charge >= 0.3 is 5.97 Å². The molecule has 3 N–H and O–H groups in total. The van der Waals surface area contributed by atoms with Crippen LogP contribution in [0, 0.1) is 0 Å². The van der Waals surface area contributed by atoms with Gasteiger partial charge < -0.3 is 10.4 Å². The second-order valence-electron chi connectivity index (χ2n) is 2.81. The van der Waals surface area contributed by atoms with Crippen molar-refractivity contribution in [2.24, 2.45) is 0 Å². The highest BCUT2D eigenvalue weighted by Crippen LogP contribution is 2.08. The van der Waals surface area contributed by atoms with Crippen molar-refractivity contribution in [2.75, 3.05) is 6.54 Å². The quantitative estimate of drug-likeness (QED) is 0.415. The minimum Gasteiger partial charge on any atom is -0.480 e. The first-order chi connectivity index (χ1) is 5.74. The van der Waals surface area contributed by atoms with Gasteiger partial charge in [-0.1, -0.05) is 0 Å². The smallest absolute Gasteiger partial charge is 0.320 e. The van der Waals surface area contributed by atoms with Crippen LogP contribution < -0.4 is 10.8 Å². The molecule has 0 aromatic carbocycles. The molecule has 1 fully saturated rings. The lowest BCUT2D eigenvalue weighted by Crippen LogP contribution is -2.50. The van der Waals surface area contributed by atoms with Crippen molar-refractivity contribution < 1.29 is 14.5 Å². The summed E-state index contributed by atoms with van der Waals surface area (Å²) in [4.78, 5) is 10.5. The van der Waals surface area contributed by atoms with Crippen LogP contribution in [0.4, 0.5) is 0 Å². The van der Waals surface area contributed by atoms with E-state index >= 15 is 0 Å². The van der Waals surface area contributed by atoms with E-state index in [1.807, 2.05) is 0 Å². The van der Waals surface area contributed by atoms with Crippen molar-refractivity contribution in [1.29, 1.82) is 0 Å². The summed E-state index contributed by atoms with van der Waals surface area (Å²) in [6, 6.07) is -0.189. The first kappa shape index (κ1) is 9.86. The Morgan fingerprint density at radius 2 is 2.42 bits per heavy atom. The fourth-order valence-electron chi connectivity index (χ4n) is 1.26. The average Bonchev–Trinajstić information content (AvgIpc) is 2.06. The molecule has 1 saturated heterocycles. The number of hydroxylamine groups is 1. The molecule has 70 valence electrons. The number of aliphatic carboxylic acids is 1. The van der Waals surface area contributed by atoms with Crippen LogP contribution in [0.3, 0.4) is 0 Å². The lowest BCUT2D eigenvalue weighted by Gasteiger charge is -2.26. The topological polar surface area (TPSA) is 70.6 Å². The Bertz CT molecular complexity index is 159. The summed E-state index contributed by atoms with van der Waals surface area (Å²) in [5, 5.41) is 11.5. The molecule has 6 heteroatoms. The van der Waals surface area contributed by atoms with Gasteiger partial charge in [0.25, 0.3) is 0 Å². The molecular formula is C6H13N2O3P. The molecule has 0 amide bonds. The van der Waals surface area contributed by atoms with Gasteiger partial charge in [-0.15, -0.1) is 0 Å². The molecule has 3 atom stereocenters. The molecule has 0 aliphatic carbocycles. The maximum Gasteiger partial charge on any atom is 0.320 e. The second-order valence-corrected chi connectivity index (χ2v) is 3.04. The number of carboxylic acid groups (broad SMARTS) is 1. The van der Waals surface area contributed by atoms with Gasteiger partial charge in [-0.05, 0) is 12.8 Å². The van der Waals surface area contributed by atoms with Crippen LogP contribution in [0.2, 0.25) is 0 Å². The Labute approximate surface area is 73.1 Å². The summed E-state index contributed by atoms with van der Waals surface area (Å²) in [5.41, 5.74) is 2.75. The van der Waals surface area contributed by atoms with E-state index in [0.717, 1.165) is 6.42 Å². The van der Waals surface area contributed by atoms with Crippen molar-refractivity contribution >= 4 is 15.4 Å². The van der Waals surface area contributed by atoms with Gasteiger partial charge in [0.15, 0.2) is 0 Å². The van der Waals surface area contributed by atoms with E-state index in [9.17, 15) is 4.79 Å². The van der Waals surface area contributed by atoms with Crippen LogP contribution in [0.5, 0.6) is 0 Å². The monoisotopic (exact) mass is 192 g/mol. The molecule has 0 radical (unpaired) electrons. The Balaban J connectivity index is 2.25. The molecule has 1 aliphatic rings. The van der Waals surface area contributed by atoms with Crippen LogP contribution in [0.25, 0.3) is 0 Å². The highest BCUT2D eigenvalue weighted by atomic mass is 31.0. The number of carbonyl (C=O) groups is 1. The van der Waals surface area contributed by atoms with Crippen LogP contribution in [0.15, 0.2) is 0 Å². The summed E-state index contributed by atoms with van der Waals surface area (Å²) in [5.74, 6) is -0.778. The lowest BCUT2D eigenvalue weighted by molar-refractivity contribution is -0.140. The zero-order chi connectivity index (χ0) is 8.97. The summed E-state index contributed by atoms with van der Waals surface area (Å²) in [7, 11) is 2.10. The van der Waals surface area contributed by atoms with E-state index in [1.165, 1.54) is 0 Å². The van der Waals surface area contributed by atoms with Gasteiger partial charge in [0.05, 0.1) is 0 Å². The zero-order valence-electron chi connectivity index (χ0n) is 6.62. The van der Waals surface area contributed by atoms with E-state index in [-0.39, 0.29) is 6.04 Å². The van der Waals surface area contributed by atoms with Crippen LogP contribution in [-0.2, 0) is 9.42 Å². The van der Waals surface area contributed by atoms with Crippen molar-refractivity contribution in [2.45, 2.75) is 24.9 Å². The lowest BCUT2D eigenvalue weighted by atomic mass is 10.0. The van der Waals surface area contributed by atoms with E-state index < -0.39 is 12.0 Å². The molecule has 1 aliphatic heterocycles. The van der Waals surface area contributed by atoms with Crippen molar-refractivity contribution in [3.63, 3.8) is 0 Å². The third-order valence-electron chi connectivity index (χ3n) is 1.95. The first-order valence-electron chi connectivity index (χ1n) is 3.81. The molecule has 2 unspecified atom stereocenters. The first-order valence-corrected chi connectivity index (χ1v) is 4.28. The maximum absolute atomic E-state index is 10.5. The predicted octanol–water partition coefficient (Wildman–Crippen LogP) is -0.497. The fourth-order valence-corrected chi connectivity index (χ4v) is 1.46. The molecule has 5 nitrogen and oxygen atoms in total. The Morgan fingerprint density at radius 1 is 1.67 bits per heavy atom. The Morgan fingerprint density at radius 3 is 2.83 bits per heavy atom. The molecule has 1 rings (SSSR count). The van der Waals surface area contributed by atoms with Crippen LogP contribution >= 0.6 is 9.47 Å². The number of carboxylic acids is 1. The Hall–Kier alpha value is -0.220. The van der Waals surface area contributed by atoms with Crippen LogP contribution in [0.1, 0.15) is 12.8 Å². The van der Waals surface area contributed by atoms with E-state index in [0.29, 0.717) is 13.0 Å². The zero-order valence-corrected chi connectivity index (χ0v) is 7.77. The van der Waals surface area contributed by atoms with Crippen molar-refractivity contribution in [1.82, 2.24) is 10.8 Å². The number of hydrogen-bond donors (Lipinski definition) is 3. The second kappa shape index (κ2) is 4.72. The summed E-state index contributed by atoms with van der Waals surface area (Å²) in [6.07, 6.45) is 1.46. The summed E-state index contributed by atoms with van der Waals surface area (Å²) >= 11 is 0. The maximum atomic E-state index is 10.5. The molecule has 12 heavy (non-hydrogen) atoms. The largest absolute Gasteiger partial charge is 0.480 e. The van der Waals surface area contributed by atoms with Crippen molar-refractivity contribution in [3.05, 3.63) is 0 Å². The SMILES string of the molecule is O=C(O)C1CC[C@@H](NOP)CN1.